The summed E-state index contributed by atoms with van der Waals surface area (Å²) in [4.78, 5) is 1.04. The van der Waals surface area contributed by atoms with Crippen LogP contribution in [0.1, 0.15) is 5.56 Å². The first-order chi connectivity index (χ1) is 7.42. The first kappa shape index (κ1) is 14.0. The van der Waals surface area contributed by atoms with Crippen molar-refractivity contribution in [3.05, 3.63) is 28.2 Å². The van der Waals surface area contributed by atoms with Crippen LogP contribution in [-0.4, -0.2) is 26.2 Å². The minimum Gasteiger partial charge on any atom is -0.326 e. The van der Waals surface area contributed by atoms with E-state index < -0.39 is 9.84 Å². The molecule has 1 aromatic rings. The average molecular weight is 324 g/mol. The maximum absolute atomic E-state index is 11.0. The molecule has 16 heavy (non-hydrogen) atoms. The smallest absolute Gasteiger partial charge is 0.148 e. The van der Waals surface area contributed by atoms with E-state index in [0.717, 1.165) is 14.9 Å². The van der Waals surface area contributed by atoms with Gasteiger partial charge in [-0.05, 0) is 17.7 Å². The monoisotopic (exact) mass is 323 g/mol. The summed E-state index contributed by atoms with van der Waals surface area (Å²) >= 11 is 4.91. The lowest BCUT2D eigenvalue weighted by Crippen LogP contribution is -2.05. The van der Waals surface area contributed by atoms with Crippen LogP contribution in [0.25, 0.3) is 0 Å². The minimum absolute atomic E-state index is 0.189. The predicted octanol–water partition coefficient (Wildman–Crippen LogP) is 2.04. The Hall–Kier alpha value is -0.0400. The number of thioether (sulfide) groups is 1. The molecule has 0 unspecified atom stereocenters. The zero-order valence-corrected chi connectivity index (χ0v) is 12.2. The minimum atomic E-state index is -2.89. The molecule has 0 amide bonds. The van der Waals surface area contributed by atoms with E-state index in [1.807, 2.05) is 18.2 Å². The molecule has 0 aliphatic rings. The number of hydrogen-bond acceptors (Lipinski definition) is 4. The molecule has 1 aromatic carbocycles. The van der Waals surface area contributed by atoms with Crippen molar-refractivity contribution in [1.29, 1.82) is 0 Å². The second kappa shape index (κ2) is 6.05. The molecule has 0 heterocycles. The lowest BCUT2D eigenvalue weighted by molar-refractivity contribution is 0.603. The van der Waals surface area contributed by atoms with Crippen LogP contribution in [-0.2, 0) is 16.4 Å². The highest BCUT2D eigenvalue weighted by Gasteiger charge is 2.06. The second-order valence-corrected chi connectivity index (χ2v) is 7.75. The fourth-order valence-electron chi connectivity index (χ4n) is 1.13. The molecular weight excluding hydrogens is 310 g/mol. The van der Waals surface area contributed by atoms with E-state index in [1.54, 1.807) is 0 Å². The lowest BCUT2D eigenvalue weighted by Gasteiger charge is -2.07. The molecule has 0 spiro atoms. The van der Waals surface area contributed by atoms with Crippen LogP contribution in [0.5, 0.6) is 0 Å². The molecule has 90 valence electrons. The topological polar surface area (TPSA) is 60.2 Å². The molecular formula is C10H14BrNO2S2. The van der Waals surface area contributed by atoms with Gasteiger partial charge in [0.25, 0.3) is 0 Å². The number of nitrogens with two attached hydrogens (primary N) is 1. The summed E-state index contributed by atoms with van der Waals surface area (Å²) in [6.07, 6.45) is 1.25. The van der Waals surface area contributed by atoms with Crippen LogP contribution in [0.4, 0.5) is 0 Å². The third-order valence-corrected chi connectivity index (χ3v) is 4.76. The largest absolute Gasteiger partial charge is 0.326 e. The Labute approximate surface area is 109 Å². The van der Waals surface area contributed by atoms with E-state index in [-0.39, 0.29) is 5.75 Å². The highest BCUT2D eigenvalue weighted by molar-refractivity contribution is 9.10. The predicted molar refractivity (Wildman–Crippen MR) is 72.5 cm³/mol. The molecule has 0 aromatic heterocycles. The van der Waals surface area contributed by atoms with E-state index in [1.165, 1.54) is 18.0 Å². The molecule has 0 atom stereocenters. The molecule has 0 bridgehead atoms. The van der Waals surface area contributed by atoms with Gasteiger partial charge in [-0.1, -0.05) is 22.0 Å². The molecule has 2 N–H and O–H groups in total. The van der Waals surface area contributed by atoms with Crippen molar-refractivity contribution >= 4 is 37.5 Å². The Morgan fingerprint density at radius 2 is 2.12 bits per heavy atom. The third-order valence-electron chi connectivity index (χ3n) is 1.96. The Morgan fingerprint density at radius 3 is 2.69 bits per heavy atom. The van der Waals surface area contributed by atoms with Crippen LogP contribution in [0, 0.1) is 0 Å². The van der Waals surface area contributed by atoms with E-state index in [4.69, 9.17) is 5.73 Å². The first-order valence-corrected chi connectivity index (χ1v) is 8.55. The molecule has 0 fully saturated rings. The SMILES string of the molecule is CS(=O)(=O)CCSc1cc(Br)ccc1CN. The summed E-state index contributed by atoms with van der Waals surface area (Å²) in [5.41, 5.74) is 6.65. The summed E-state index contributed by atoms with van der Waals surface area (Å²) in [5.74, 6) is 0.747. The van der Waals surface area contributed by atoms with Gasteiger partial charge in [-0.25, -0.2) is 8.42 Å². The summed E-state index contributed by atoms with van der Waals surface area (Å²) < 4.78 is 23.0. The normalized spacial score (nSPS) is 11.7. The molecule has 6 heteroatoms. The average Bonchev–Trinajstić information content (AvgIpc) is 2.16. The van der Waals surface area contributed by atoms with Gasteiger partial charge >= 0.3 is 0 Å². The van der Waals surface area contributed by atoms with Crippen molar-refractivity contribution in [2.24, 2.45) is 5.73 Å². The van der Waals surface area contributed by atoms with Gasteiger partial charge in [-0.15, -0.1) is 11.8 Å². The van der Waals surface area contributed by atoms with Crippen LogP contribution in [0.2, 0.25) is 0 Å². The summed E-state index contributed by atoms with van der Waals surface area (Å²) in [5, 5.41) is 0. The van der Waals surface area contributed by atoms with Crippen molar-refractivity contribution in [2.45, 2.75) is 11.4 Å². The van der Waals surface area contributed by atoms with Gasteiger partial charge in [-0.2, -0.15) is 0 Å². The summed E-state index contributed by atoms with van der Waals surface area (Å²) in [7, 11) is -2.89. The highest BCUT2D eigenvalue weighted by atomic mass is 79.9. The Balaban J connectivity index is 2.69. The van der Waals surface area contributed by atoms with Crippen LogP contribution in [0.3, 0.4) is 0 Å². The van der Waals surface area contributed by atoms with Gasteiger partial charge in [0.15, 0.2) is 0 Å². The van der Waals surface area contributed by atoms with Crippen LogP contribution < -0.4 is 5.73 Å². The van der Waals surface area contributed by atoms with Crippen molar-refractivity contribution in [3.63, 3.8) is 0 Å². The lowest BCUT2D eigenvalue weighted by atomic mass is 10.2. The molecule has 3 nitrogen and oxygen atoms in total. The highest BCUT2D eigenvalue weighted by Crippen LogP contribution is 2.26. The van der Waals surface area contributed by atoms with E-state index >= 15 is 0 Å². The number of halogens is 1. The molecule has 0 radical (unpaired) electrons. The molecule has 0 aliphatic carbocycles. The van der Waals surface area contributed by atoms with E-state index in [0.29, 0.717) is 12.3 Å². The number of sulfone groups is 1. The zero-order valence-electron chi connectivity index (χ0n) is 8.94. The molecule has 0 saturated heterocycles. The van der Waals surface area contributed by atoms with Crippen molar-refractivity contribution in [3.8, 4) is 0 Å². The van der Waals surface area contributed by atoms with Gasteiger partial charge in [0, 0.05) is 27.9 Å². The Bertz CT molecular complexity index is 460. The Morgan fingerprint density at radius 1 is 1.44 bits per heavy atom. The number of rotatable bonds is 5. The van der Waals surface area contributed by atoms with Gasteiger partial charge < -0.3 is 5.73 Å². The third kappa shape index (κ3) is 4.86. The number of hydrogen-bond donors (Lipinski definition) is 1. The molecule has 0 saturated carbocycles. The number of benzene rings is 1. The molecule has 1 rings (SSSR count). The van der Waals surface area contributed by atoms with Crippen LogP contribution in [0.15, 0.2) is 27.6 Å². The second-order valence-electron chi connectivity index (χ2n) is 3.43. The maximum Gasteiger partial charge on any atom is 0.148 e. The van der Waals surface area contributed by atoms with E-state index in [9.17, 15) is 8.42 Å². The zero-order chi connectivity index (χ0) is 12.2. The molecule has 0 aliphatic heterocycles. The maximum atomic E-state index is 11.0. The van der Waals surface area contributed by atoms with Crippen molar-refractivity contribution in [1.82, 2.24) is 0 Å². The standard InChI is InChI=1S/C10H14BrNO2S2/c1-16(13,14)5-4-15-10-6-9(11)3-2-8(10)7-12/h2-3,6H,4-5,7,12H2,1H3. The Kier molecular flexibility index (Phi) is 5.30. The van der Waals surface area contributed by atoms with Gasteiger partial charge in [0.1, 0.15) is 9.84 Å². The summed E-state index contributed by atoms with van der Waals surface area (Å²) in [6, 6.07) is 5.85. The van der Waals surface area contributed by atoms with Crippen molar-refractivity contribution in [2.75, 3.05) is 17.8 Å². The van der Waals surface area contributed by atoms with Gasteiger partial charge in [0.2, 0.25) is 0 Å². The van der Waals surface area contributed by atoms with Crippen LogP contribution >= 0.6 is 27.7 Å². The first-order valence-electron chi connectivity index (χ1n) is 4.71. The van der Waals surface area contributed by atoms with E-state index in [2.05, 4.69) is 15.9 Å². The fourth-order valence-corrected chi connectivity index (χ4v) is 3.96. The van der Waals surface area contributed by atoms with Gasteiger partial charge in [-0.3, -0.25) is 0 Å². The van der Waals surface area contributed by atoms with Crippen molar-refractivity contribution < 1.29 is 8.42 Å². The quantitative estimate of drug-likeness (QED) is 0.842. The van der Waals surface area contributed by atoms with Gasteiger partial charge in [0.05, 0.1) is 5.75 Å². The summed E-state index contributed by atoms with van der Waals surface area (Å²) in [6.45, 7) is 0.467. The fraction of sp³-hybridized carbons (Fsp3) is 0.400.